The van der Waals surface area contributed by atoms with Crippen LogP contribution in [0.15, 0.2) is 60.7 Å². The van der Waals surface area contributed by atoms with Crippen LogP contribution in [0.2, 0.25) is 0 Å². The van der Waals surface area contributed by atoms with Crippen LogP contribution in [0.1, 0.15) is 36.0 Å². The summed E-state index contributed by atoms with van der Waals surface area (Å²) in [6, 6.07) is 18.6. The van der Waals surface area contributed by atoms with Gasteiger partial charge in [-0.25, -0.2) is 4.98 Å². The van der Waals surface area contributed by atoms with Crippen molar-refractivity contribution in [3.63, 3.8) is 0 Å². The van der Waals surface area contributed by atoms with E-state index >= 15 is 0 Å². The van der Waals surface area contributed by atoms with Crippen molar-refractivity contribution in [2.45, 2.75) is 20.0 Å². The van der Waals surface area contributed by atoms with Gasteiger partial charge in [0.05, 0.1) is 29.9 Å². The van der Waals surface area contributed by atoms with Crippen molar-refractivity contribution in [2.24, 2.45) is 5.92 Å². The molecule has 7 nitrogen and oxygen atoms in total. The lowest BCUT2D eigenvalue weighted by Gasteiger charge is -2.33. The smallest absolute Gasteiger partial charge is 0.260 e. The number of morpholine rings is 1. The molecular formula is C26H29N3O4. The number of carbonyl (C=O) groups is 2. The van der Waals surface area contributed by atoms with Crippen molar-refractivity contribution in [3.05, 3.63) is 71.9 Å². The molecule has 0 saturated carbocycles. The number of para-hydroxylation sites is 2. The molecule has 1 aromatic heterocycles. The third-order valence-electron chi connectivity index (χ3n) is 5.51. The number of benzene rings is 2. The van der Waals surface area contributed by atoms with Gasteiger partial charge in [-0.05, 0) is 30.2 Å². The van der Waals surface area contributed by atoms with E-state index in [2.05, 4.69) is 19.2 Å². The molecule has 172 valence electrons. The summed E-state index contributed by atoms with van der Waals surface area (Å²) in [5.74, 6) is 0.760. The van der Waals surface area contributed by atoms with Gasteiger partial charge in [-0.15, -0.1) is 0 Å². The lowest BCUT2D eigenvalue weighted by molar-refractivity contribution is -0.141. The van der Waals surface area contributed by atoms with Gasteiger partial charge >= 0.3 is 0 Å². The number of rotatable bonds is 7. The molecule has 7 heteroatoms. The molecule has 3 aromatic rings. The van der Waals surface area contributed by atoms with Crippen molar-refractivity contribution in [2.75, 3.05) is 32.8 Å². The molecule has 2 aromatic carbocycles. The molecule has 0 bridgehead atoms. The van der Waals surface area contributed by atoms with Gasteiger partial charge in [0, 0.05) is 18.5 Å². The van der Waals surface area contributed by atoms with Crippen LogP contribution in [0.25, 0.3) is 10.9 Å². The Hall–Kier alpha value is -3.45. The second-order valence-electron chi connectivity index (χ2n) is 8.52. The van der Waals surface area contributed by atoms with Gasteiger partial charge in [-0.2, -0.15) is 0 Å². The minimum absolute atomic E-state index is 0.0370. The monoisotopic (exact) mass is 447 g/mol. The maximum atomic E-state index is 12.9. The molecular weight excluding hydrogens is 418 g/mol. The zero-order valence-electron chi connectivity index (χ0n) is 19.0. The number of aromatic nitrogens is 1. The summed E-state index contributed by atoms with van der Waals surface area (Å²) in [5.41, 5.74) is 1.93. The van der Waals surface area contributed by atoms with E-state index in [4.69, 9.17) is 14.5 Å². The fraction of sp³-hybridized carbons (Fsp3) is 0.346. The van der Waals surface area contributed by atoms with E-state index in [9.17, 15) is 9.59 Å². The standard InChI is InChI=1S/C26H29N3O4/c1-18(2)15-27-26(31)21-14-23(28-22-11-7-6-10-20(21)22)24-16-29(12-13-32-24)25(30)17-33-19-8-4-3-5-9-19/h3-11,14,18,24H,12-13,15-17H2,1-2H3,(H,27,31)/t24-/m0/s1. The number of hydrogen-bond donors (Lipinski definition) is 1. The number of carbonyl (C=O) groups excluding carboxylic acids is 2. The molecule has 1 fully saturated rings. The van der Waals surface area contributed by atoms with Gasteiger partial charge in [0.2, 0.25) is 0 Å². The molecule has 2 heterocycles. The summed E-state index contributed by atoms with van der Waals surface area (Å²) >= 11 is 0. The second-order valence-corrected chi connectivity index (χ2v) is 8.52. The van der Waals surface area contributed by atoms with E-state index in [1.54, 1.807) is 11.0 Å². The highest BCUT2D eigenvalue weighted by molar-refractivity contribution is 6.06. The van der Waals surface area contributed by atoms with Crippen molar-refractivity contribution in [1.29, 1.82) is 0 Å². The average Bonchev–Trinajstić information content (AvgIpc) is 2.85. The van der Waals surface area contributed by atoms with E-state index in [1.165, 1.54) is 0 Å². The molecule has 1 aliphatic rings. The lowest BCUT2D eigenvalue weighted by Crippen LogP contribution is -2.44. The van der Waals surface area contributed by atoms with Gasteiger partial charge in [0.25, 0.3) is 11.8 Å². The van der Waals surface area contributed by atoms with Crippen molar-refractivity contribution >= 4 is 22.7 Å². The summed E-state index contributed by atoms with van der Waals surface area (Å²) in [6.07, 6.45) is -0.416. The lowest BCUT2D eigenvalue weighted by atomic mass is 10.0. The van der Waals surface area contributed by atoms with E-state index in [-0.39, 0.29) is 18.4 Å². The molecule has 0 spiro atoms. The summed E-state index contributed by atoms with van der Waals surface area (Å²) < 4.78 is 11.6. The Morgan fingerprint density at radius 1 is 1.15 bits per heavy atom. The summed E-state index contributed by atoms with van der Waals surface area (Å²) in [5, 5.41) is 3.79. The average molecular weight is 448 g/mol. The Morgan fingerprint density at radius 2 is 1.91 bits per heavy atom. The van der Waals surface area contributed by atoms with Crippen LogP contribution in [0.3, 0.4) is 0 Å². The van der Waals surface area contributed by atoms with Crippen molar-refractivity contribution in [1.82, 2.24) is 15.2 Å². The Labute approximate surface area is 193 Å². The minimum atomic E-state index is -0.416. The maximum absolute atomic E-state index is 12.9. The minimum Gasteiger partial charge on any atom is -0.484 e. The van der Waals surface area contributed by atoms with Crippen LogP contribution >= 0.6 is 0 Å². The normalized spacial score (nSPS) is 16.1. The Kier molecular flexibility index (Phi) is 7.19. The van der Waals surface area contributed by atoms with E-state index in [0.29, 0.717) is 49.2 Å². The molecule has 0 aliphatic carbocycles. The van der Waals surface area contributed by atoms with Gasteiger partial charge in [0.15, 0.2) is 6.61 Å². The Bertz CT molecular complexity index is 1120. The predicted molar refractivity (Wildman–Crippen MR) is 126 cm³/mol. The van der Waals surface area contributed by atoms with Gasteiger partial charge in [0.1, 0.15) is 11.9 Å². The van der Waals surface area contributed by atoms with Crippen LogP contribution in [-0.2, 0) is 9.53 Å². The molecule has 1 atom stereocenters. The van der Waals surface area contributed by atoms with Crippen molar-refractivity contribution in [3.8, 4) is 5.75 Å². The highest BCUT2D eigenvalue weighted by atomic mass is 16.5. The quantitative estimate of drug-likeness (QED) is 0.599. The fourth-order valence-electron chi connectivity index (χ4n) is 3.75. The maximum Gasteiger partial charge on any atom is 0.260 e. The summed E-state index contributed by atoms with van der Waals surface area (Å²) in [6.45, 7) is 5.90. The Balaban J connectivity index is 1.51. The zero-order valence-corrected chi connectivity index (χ0v) is 19.0. The largest absolute Gasteiger partial charge is 0.484 e. The summed E-state index contributed by atoms with van der Waals surface area (Å²) in [4.78, 5) is 32.2. The number of nitrogens with one attached hydrogen (secondary N) is 1. The highest BCUT2D eigenvalue weighted by Crippen LogP contribution is 2.26. The molecule has 1 N–H and O–H groups in total. The molecule has 2 amide bonds. The highest BCUT2D eigenvalue weighted by Gasteiger charge is 2.28. The predicted octanol–water partition coefficient (Wildman–Crippen LogP) is 3.60. The second kappa shape index (κ2) is 10.4. The number of amides is 2. The van der Waals surface area contributed by atoms with E-state index in [0.717, 1.165) is 10.9 Å². The summed E-state index contributed by atoms with van der Waals surface area (Å²) in [7, 11) is 0. The molecule has 4 rings (SSSR count). The Morgan fingerprint density at radius 3 is 2.70 bits per heavy atom. The third kappa shape index (κ3) is 5.68. The van der Waals surface area contributed by atoms with Gasteiger partial charge in [-0.1, -0.05) is 50.2 Å². The number of nitrogens with zero attached hydrogens (tertiary/aromatic N) is 2. The molecule has 33 heavy (non-hydrogen) atoms. The van der Waals surface area contributed by atoms with Crippen LogP contribution in [0.4, 0.5) is 0 Å². The number of hydrogen-bond acceptors (Lipinski definition) is 5. The van der Waals surface area contributed by atoms with Crippen molar-refractivity contribution < 1.29 is 19.1 Å². The number of ether oxygens (including phenoxy) is 2. The van der Waals surface area contributed by atoms with Crippen LogP contribution in [0, 0.1) is 5.92 Å². The first-order valence-corrected chi connectivity index (χ1v) is 11.3. The first kappa shape index (κ1) is 22.7. The first-order valence-electron chi connectivity index (χ1n) is 11.3. The molecule has 0 radical (unpaired) electrons. The van der Waals surface area contributed by atoms with Crippen LogP contribution in [0.5, 0.6) is 5.75 Å². The zero-order chi connectivity index (χ0) is 23.2. The topological polar surface area (TPSA) is 80.8 Å². The molecule has 1 saturated heterocycles. The van der Waals surface area contributed by atoms with Gasteiger partial charge in [-0.3, -0.25) is 9.59 Å². The fourth-order valence-corrected chi connectivity index (χ4v) is 3.75. The van der Waals surface area contributed by atoms with Crippen LogP contribution in [-0.4, -0.2) is 54.5 Å². The van der Waals surface area contributed by atoms with E-state index < -0.39 is 6.10 Å². The van der Waals surface area contributed by atoms with E-state index in [1.807, 2.05) is 54.6 Å². The SMILES string of the molecule is CC(C)CNC(=O)c1cc([C@@H]2CN(C(=O)COc3ccccc3)CCO2)nc2ccccc12. The number of pyridine rings is 1. The molecule has 1 aliphatic heterocycles. The third-order valence-corrected chi connectivity index (χ3v) is 5.51. The first-order chi connectivity index (χ1) is 16.0. The van der Waals surface area contributed by atoms with Gasteiger partial charge < -0.3 is 19.7 Å². The molecule has 0 unspecified atom stereocenters. The number of fused-ring (bicyclic) bond motifs is 1. The van der Waals surface area contributed by atoms with Crippen LogP contribution < -0.4 is 10.1 Å².